The second kappa shape index (κ2) is 7.06. The SMILES string of the molecule is CCCCN1[C@@H]2CC(OC(=O)[C@H](CO)c3ccccc3)C[C@@H]1[C@H]1O[C@@H]12. The average Bonchev–Trinajstić information content (AvgIpc) is 3.38. The molecule has 3 saturated heterocycles. The van der Waals surface area contributed by atoms with Crippen LogP contribution in [-0.2, 0) is 14.3 Å². The number of esters is 1. The summed E-state index contributed by atoms with van der Waals surface area (Å²) in [5.41, 5.74) is 0.810. The monoisotopic (exact) mass is 345 g/mol. The number of fused-ring (bicyclic) bond motifs is 5. The number of morpholine rings is 1. The van der Waals surface area contributed by atoms with Gasteiger partial charge in [0.15, 0.2) is 0 Å². The van der Waals surface area contributed by atoms with Gasteiger partial charge in [-0.2, -0.15) is 0 Å². The zero-order chi connectivity index (χ0) is 17.4. The highest BCUT2D eigenvalue weighted by molar-refractivity contribution is 5.78. The highest BCUT2D eigenvalue weighted by Crippen LogP contribution is 2.49. The molecule has 0 saturated carbocycles. The first-order chi connectivity index (χ1) is 12.2. The smallest absolute Gasteiger partial charge is 0.316 e. The Morgan fingerprint density at radius 3 is 2.56 bits per heavy atom. The number of rotatable bonds is 7. The second-order valence-corrected chi connectivity index (χ2v) is 7.47. The number of aliphatic hydroxyl groups is 1. The van der Waals surface area contributed by atoms with Crippen LogP contribution < -0.4 is 0 Å². The van der Waals surface area contributed by atoms with Crippen molar-refractivity contribution in [3.05, 3.63) is 35.9 Å². The van der Waals surface area contributed by atoms with Gasteiger partial charge in [0, 0.05) is 24.9 Å². The summed E-state index contributed by atoms with van der Waals surface area (Å²) < 4.78 is 11.6. The van der Waals surface area contributed by atoms with Gasteiger partial charge in [0.05, 0.1) is 6.61 Å². The number of nitrogens with zero attached hydrogens (tertiary/aromatic N) is 1. The molecule has 0 unspecified atom stereocenters. The van der Waals surface area contributed by atoms with Crippen LogP contribution in [0, 0.1) is 0 Å². The van der Waals surface area contributed by atoms with Crippen molar-refractivity contribution in [2.45, 2.75) is 68.9 Å². The normalized spacial score (nSPS) is 34.4. The number of ether oxygens (including phenoxy) is 2. The van der Waals surface area contributed by atoms with Crippen LogP contribution in [0.3, 0.4) is 0 Å². The van der Waals surface area contributed by atoms with Gasteiger partial charge in [0.2, 0.25) is 0 Å². The van der Waals surface area contributed by atoms with Gasteiger partial charge in [-0.3, -0.25) is 9.69 Å². The largest absolute Gasteiger partial charge is 0.462 e. The maximum Gasteiger partial charge on any atom is 0.316 e. The summed E-state index contributed by atoms with van der Waals surface area (Å²) in [5.74, 6) is -0.905. The molecule has 25 heavy (non-hydrogen) atoms. The number of carbonyl (C=O) groups is 1. The fourth-order valence-electron chi connectivity index (χ4n) is 4.57. The van der Waals surface area contributed by atoms with Crippen LogP contribution in [0.2, 0.25) is 0 Å². The Hall–Kier alpha value is -1.43. The Morgan fingerprint density at radius 1 is 1.28 bits per heavy atom. The van der Waals surface area contributed by atoms with Crippen molar-refractivity contribution in [3.63, 3.8) is 0 Å². The maximum absolute atomic E-state index is 12.6. The third-order valence-corrected chi connectivity index (χ3v) is 5.90. The van der Waals surface area contributed by atoms with Gasteiger partial charge in [-0.1, -0.05) is 43.7 Å². The molecular formula is C20H27NO4. The Kier molecular flexibility index (Phi) is 4.80. The molecule has 1 N–H and O–H groups in total. The molecule has 2 bridgehead atoms. The van der Waals surface area contributed by atoms with Crippen LogP contribution in [0.15, 0.2) is 30.3 Å². The standard InChI is InChI=1S/C20H27NO4/c1-2-3-9-21-16-10-14(11-17(21)19-18(16)25-19)24-20(23)15(12-22)13-7-5-4-6-8-13/h4-8,14-19,22H,2-3,9-12H2,1H3/t15-,16-,17-,18-,19-/m1/s1. The number of aliphatic hydroxyl groups excluding tert-OH is 1. The minimum absolute atomic E-state index is 0.0606. The van der Waals surface area contributed by atoms with Crippen molar-refractivity contribution >= 4 is 5.97 Å². The van der Waals surface area contributed by atoms with Gasteiger partial charge in [0.1, 0.15) is 24.2 Å². The first kappa shape index (κ1) is 17.0. The lowest BCUT2D eigenvalue weighted by atomic mass is 9.97. The molecule has 5 heteroatoms. The minimum atomic E-state index is -0.595. The molecule has 1 aromatic rings. The topological polar surface area (TPSA) is 62.3 Å². The van der Waals surface area contributed by atoms with E-state index in [0.717, 1.165) is 24.9 Å². The molecule has 3 fully saturated rings. The molecule has 0 aromatic heterocycles. The summed E-state index contributed by atoms with van der Waals surface area (Å²) in [6, 6.07) is 10.2. The second-order valence-electron chi connectivity index (χ2n) is 7.47. The third-order valence-electron chi connectivity index (χ3n) is 5.90. The first-order valence-electron chi connectivity index (χ1n) is 9.50. The molecule has 3 aliphatic rings. The molecule has 0 spiro atoms. The van der Waals surface area contributed by atoms with Gasteiger partial charge in [-0.25, -0.2) is 0 Å². The van der Waals surface area contributed by atoms with Gasteiger partial charge in [-0.15, -0.1) is 0 Å². The van der Waals surface area contributed by atoms with E-state index in [1.807, 2.05) is 30.3 Å². The van der Waals surface area contributed by atoms with E-state index in [2.05, 4.69) is 11.8 Å². The van der Waals surface area contributed by atoms with E-state index in [1.165, 1.54) is 12.8 Å². The number of hydrogen-bond donors (Lipinski definition) is 1. The van der Waals surface area contributed by atoms with Crippen LogP contribution in [-0.4, -0.2) is 59.5 Å². The summed E-state index contributed by atoms with van der Waals surface area (Å²) in [7, 11) is 0. The Bertz CT molecular complexity index is 589. The predicted octanol–water partition coefficient (Wildman–Crippen LogP) is 2.09. The van der Waals surface area contributed by atoms with Crippen molar-refractivity contribution in [2.24, 2.45) is 0 Å². The van der Waals surface area contributed by atoms with Crippen LogP contribution >= 0.6 is 0 Å². The molecule has 0 aliphatic carbocycles. The molecule has 0 radical (unpaired) electrons. The molecule has 3 heterocycles. The molecule has 4 rings (SSSR count). The maximum atomic E-state index is 12.6. The predicted molar refractivity (Wildman–Crippen MR) is 93.2 cm³/mol. The zero-order valence-electron chi connectivity index (χ0n) is 14.7. The highest BCUT2D eigenvalue weighted by Gasteiger charge is 2.63. The number of benzene rings is 1. The fourth-order valence-corrected chi connectivity index (χ4v) is 4.57. The van der Waals surface area contributed by atoms with Gasteiger partial charge >= 0.3 is 5.97 Å². The average molecular weight is 345 g/mol. The van der Waals surface area contributed by atoms with E-state index in [1.54, 1.807) is 0 Å². The van der Waals surface area contributed by atoms with E-state index in [-0.39, 0.29) is 18.7 Å². The number of epoxide rings is 1. The van der Waals surface area contributed by atoms with Crippen LogP contribution in [0.4, 0.5) is 0 Å². The van der Waals surface area contributed by atoms with Gasteiger partial charge in [0.25, 0.3) is 0 Å². The van der Waals surface area contributed by atoms with Crippen molar-refractivity contribution in [2.75, 3.05) is 13.2 Å². The number of hydrogen-bond acceptors (Lipinski definition) is 5. The van der Waals surface area contributed by atoms with Crippen molar-refractivity contribution in [1.29, 1.82) is 0 Å². The van der Waals surface area contributed by atoms with E-state index in [4.69, 9.17) is 9.47 Å². The zero-order valence-corrected chi connectivity index (χ0v) is 14.7. The third kappa shape index (κ3) is 3.21. The number of unbranched alkanes of at least 4 members (excludes halogenated alkanes) is 1. The van der Waals surface area contributed by atoms with Crippen molar-refractivity contribution < 1.29 is 19.4 Å². The first-order valence-corrected chi connectivity index (χ1v) is 9.50. The lowest BCUT2D eigenvalue weighted by molar-refractivity contribution is -0.157. The van der Waals surface area contributed by atoms with Gasteiger partial charge in [-0.05, 0) is 18.5 Å². The fraction of sp³-hybridized carbons (Fsp3) is 0.650. The quantitative estimate of drug-likeness (QED) is 0.606. The molecule has 1 aromatic carbocycles. The lowest BCUT2D eigenvalue weighted by Gasteiger charge is -2.40. The minimum Gasteiger partial charge on any atom is -0.462 e. The summed E-state index contributed by atoms with van der Waals surface area (Å²) >= 11 is 0. The molecule has 5 atom stereocenters. The summed E-state index contributed by atoms with van der Waals surface area (Å²) in [5, 5.41) is 9.65. The molecule has 3 aliphatic heterocycles. The summed E-state index contributed by atoms with van der Waals surface area (Å²) in [6.07, 6.45) is 4.72. The lowest BCUT2D eigenvalue weighted by Crippen LogP contribution is -2.50. The Labute approximate surface area is 148 Å². The summed E-state index contributed by atoms with van der Waals surface area (Å²) in [4.78, 5) is 15.2. The van der Waals surface area contributed by atoms with E-state index in [0.29, 0.717) is 24.3 Å². The molecule has 5 nitrogen and oxygen atoms in total. The van der Waals surface area contributed by atoms with E-state index >= 15 is 0 Å². The molecule has 136 valence electrons. The summed E-state index contributed by atoms with van der Waals surface area (Å²) in [6.45, 7) is 3.11. The molecular weight excluding hydrogens is 318 g/mol. The number of carbonyl (C=O) groups excluding carboxylic acids is 1. The molecule has 0 amide bonds. The van der Waals surface area contributed by atoms with E-state index < -0.39 is 5.92 Å². The van der Waals surface area contributed by atoms with Crippen molar-refractivity contribution in [1.82, 2.24) is 4.90 Å². The van der Waals surface area contributed by atoms with Crippen LogP contribution in [0.5, 0.6) is 0 Å². The number of piperidine rings is 1. The van der Waals surface area contributed by atoms with Crippen LogP contribution in [0.25, 0.3) is 0 Å². The van der Waals surface area contributed by atoms with E-state index in [9.17, 15) is 9.90 Å². The van der Waals surface area contributed by atoms with Crippen LogP contribution in [0.1, 0.15) is 44.1 Å². The highest BCUT2D eigenvalue weighted by atomic mass is 16.6. The van der Waals surface area contributed by atoms with Gasteiger partial charge < -0.3 is 14.6 Å². The Morgan fingerprint density at radius 2 is 1.96 bits per heavy atom. The van der Waals surface area contributed by atoms with Crippen molar-refractivity contribution in [3.8, 4) is 0 Å². The Balaban J connectivity index is 1.39.